The van der Waals surface area contributed by atoms with Gasteiger partial charge in [0, 0.05) is 16.6 Å². The van der Waals surface area contributed by atoms with Crippen LogP contribution in [0.5, 0.6) is 0 Å². The van der Waals surface area contributed by atoms with Gasteiger partial charge in [0.15, 0.2) is 0 Å². The van der Waals surface area contributed by atoms with E-state index in [0.29, 0.717) is 16.6 Å². The summed E-state index contributed by atoms with van der Waals surface area (Å²) in [6.07, 6.45) is 4.12. The molecule has 0 amide bonds. The molecular weight excluding hydrogens is 380 g/mol. The van der Waals surface area contributed by atoms with Crippen molar-refractivity contribution in [2.75, 3.05) is 16.8 Å². The molecule has 0 saturated carbocycles. The van der Waals surface area contributed by atoms with Crippen LogP contribution in [0.2, 0.25) is 5.02 Å². The molecule has 2 aromatic carbocycles. The lowest BCUT2D eigenvalue weighted by molar-refractivity contribution is 0.0698. The van der Waals surface area contributed by atoms with Gasteiger partial charge < -0.3 is 10.4 Å². The van der Waals surface area contributed by atoms with Gasteiger partial charge in [-0.05, 0) is 66.2 Å². The summed E-state index contributed by atoms with van der Waals surface area (Å²) in [5.41, 5.74) is 3.69. The molecule has 0 aliphatic carbocycles. The Kier molecular flexibility index (Phi) is 5.23. The van der Waals surface area contributed by atoms with Crippen molar-refractivity contribution in [1.29, 1.82) is 0 Å². The molecule has 1 aromatic heterocycles. The van der Waals surface area contributed by atoms with Crippen LogP contribution in [0.25, 0.3) is 10.9 Å². The maximum absolute atomic E-state index is 11.6. The first-order valence-electron chi connectivity index (χ1n) is 8.89. The second-order valence-electron chi connectivity index (χ2n) is 6.61. The summed E-state index contributed by atoms with van der Waals surface area (Å²) in [4.78, 5) is 16.3. The van der Waals surface area contributed by atoms with E-state index in [1.807, 2.05) is 42.2 Å². The van der Waals surface area contributed by atoms with Crippen molar-refractivity contribution in [3.8, 4) is 0 Å². The van der Waals surface area contributed by atoms with Crippen LogP contribution in [-0.4, -0.2) is 27.6 Å². The molecule has 2 heterocycles. The molecule has 0 radical (unpaired) electrons. The third-order valence-electron chi connectivity index (χ3n) is 4.94. The fraction of sp³-hybridized carbons (Fsp3) is 0.238. The van der Waals surface area contributed by atoms with Crippen LogP contribution in [0.3, 0.4) is 0 Å². The van der Waals surface area contributed by atoms with E-state index < -0.39 is 5.97 Å². The highest BCUT2D eigenvalue weighted by Crippen LogP contribution is 2.40. The molecular formula is C21H19ClN2O2S. The van der Waals surface area contributed by atoms with Gasteiger partial charge in [0.1, 0.15) is 0 Å². The quantitative estimate of drug-likeness (QED) is 0.569. The number of hydrogen-bond acceptors (Lipinski definition) is 4. The molecule has 4 rings (SSSR count). The topological polar surface area (TPSA) is 62.2 Å². The number of para-hydroxylation sites is 1. The predicted molar refractivity (Wildman–Crippen MR) is 113 cm³/mol. The number of halogens is 1. The van der Waals surface area contributed by atoms with Crippen LogP contribution in [0.1, 0.15) is 34.7 Å². The molecule has 1 fully saturated rings. The molecule has 1 aliphatic heterocycles. The average Bonchev–Trinajstić information content (AvgIpc) is 2.69. The first kappa shape index (κ1) is 18.1. The maximum Gasteiger partial charge on any atom is 0.337 e. The molecule has 3 aromatic rings. The summed E-state index contributed by atoms with van der Waals surface area (Å²) in [5.74, 6) is 1.71. The number of anilines is 2. The minimum atomic E-state index is -0.954. The summed E-state index contributed by atoms with van der Waals surface area (Å²) < 4.78 is 0. The Morgan fingerprint density at radius 3 is 2.74 bits per heavy atom. The standard InChI is InChI=1S/C21H19ClN2O2S/c22-14-5-6-18-16(11-14)20(17(12-23-18)13-7-9-27-10-8-13)24-19-4-2-1-3-15(19)21(25)26/h1-6,11-13H,7-10H2,(H,23,24)(H,25,26). The smallest absolute Gasteiger partial charge is 0.337 e. The number of carboxylic acids is 1. The fourth-order valence-electron chi connectivity index (χ4n) is 3.55. The lowest BCUT2D eigenvalue weighted by Gasteiger charge is -2.25. The van der Waals surface area contributed by atoms with Crippen LogP contribution in [0.15, 0.2) is 48.7 Å². The lowest BCUT2D eigenvalue weighted by Crippen LogP contribution is -2.11. The number of aromatic nitrogens is 1. The van der Waals surface area contributed by atoms with Crippen LogP contribution < -0.4 is 5.32 Å². The molecule has 4 nitrogen and oxygen atoms in total. The molecule has 27 heavy (non-hydrogen) atoms. The van der Waals surface area contributed by atoms with Crippen LogP contribution in [-0.2, 0) is 0 Å². The number of carboxylic acid groups (broad SMARTS) is 1. The Morgan fingerprint density at radius 1 is 1.19 bits per heavy atom. The first-order chi connectivity index (χ1) is 13.1. The Bertz CT molecular complexity index is 1000. The SMILES string of the molecule is O=C(O)c1ccccc1Nc1c(C2CCSCC2)cnc2ccc(Cl)cc12. The molecule has 0 unspecified atom stereocenters. The van der Waals surface area contributed by atoms with Gasteiger partial charge in [-0.3, -0.25) is 4.98 Å². The minimum Gasteiger partial charge on any atom is -0.478 e. The number of rotatable bonds is 4. The third kappa shape index (κ3) is 3.75. The molecule has 0 atom stereocenters. The zero-order valence-electron chi connectivity index (χ0n) is 14.6. The van der Waals surface area contributed by atoms with Crippen molar-refractivity contribution in [2.45, 2.75) is 18.8 Å². The second-order valence-corrected chi connectivity index (χ2v) is 8.27. The number of nitrogens with one attached hydrogen (secondary N) is 1. The molecule has 1 aliphatic rings. The Morgan fingerprint density at radius 2 is 1.96 bits per heavy atom. The van der Waals surface area contributed by atoms with Gasteiger partial charge in [-0.15, -0.1) is 0 Å². The molecule has 0 bridgehead atoms. The maximum atomic E-state index is 11.6. The Labute approximate surface area is 167 Å². The highest BCUT2D eigenvalue weighted by Gasteiger charge is 2.22. The van der Waals surface area contributed by atoms with Crippen molar-refractivity contribution in [3.05, 3.63) is 64.8 Å². The Hall–Kier alpha value is -2.24. The molecule has 138 valence electrons. The molecule has 0 spiro atoms. The van der Waals surface area contributed by atoms with Crippen molar-refractivity contribution in [1.82, 2.24) is 4.98 Å². The second kappa shape index (κ2) is 7.79. The average molecular weight is 399 g/mol. The zero-order valence-corrected chi connectivity index (χ0v) is 16.2. The number of benzene rings is 2. The monoisotopic (exact) mass is 398 g/mol. The van der Waals surface area contributed by atoms with Gasteiger partial charge in [-0.1, -0.05) is 23.7 Å². The highest BCUT2D eigenvalue weighted by molar-refractivity contribution is 7.99. The number of aromatic carboxylic acids is 1. The van der Waals surface area contributed by atoms with Gasteiger partial charge in [-0.2, -0.15) is 11.8 Å². The van der Waals surface area contributed by atoms with Crippen molar-refractivity contribution < 1.29 is 9.90 Å². The first-order valence-corrected chi connectivity index (χ1v) is 10.4. The number of thioether (sulfide) groups is 1. The fourth-order valence-corrected chi connectivity index (χ4v) is 4.83. The summed E-state index contributed by atoms with van der Waals surface area (Å²) >= 11 is 8.24. The van der Waals surface area contributed by atoms with Gasteiger partial charge >= 0.3 is 5.97 Å². The largest absolute Gasteiger partial charge is 0.478 e. The van der Waals surface area contributed by atoms with E-state index >= 15 is 0 Å². The van der Waals surface area contributed by atoms with Gasteiger partial charge in [0.2, 0.25) is 0 Å². The van der Waals surface area contributed by atoms with Gasteiger partial charge in [0.25, 0.3) is 0 Å². The van der Waals surface area contributed by atoms with E-state index in [1.165, 1.54) is 0 Å². The highest BCUT2D eigenvalue weighted by atomic mass is 35.5. The van der Waals surface area contributed by atoms with E-state index in [1.54, 1.807) is 18.2 Å². The molecule has 1 saturated heterocycles. The number of hydrogen-bond donors (Lipinski definition) is 2. The van der Waals surface area contributed by atoms with E-state index in [-0.39, 0.29) is 5.56 Å². The molecule has 6 heteroatoms. The van der Waals surface area contributed by atoms with E-state index in [4.69, 9.17) is 11.6 Å². The lowest BCUT2D eigenvalue weighted by atomic mass is 9.91. The van der Waals surface area contributed by atoms with Crippen molar-refractivity contribution in [3.63, 3.8) is 0 Å². The summed E-state index contributed by atoms with van der Waals surface area (Å²) in [6.45, 7) is 0. The summed E-state index contributed by atoms with van der Waals surface area (Å²) in [5, 5.41) is 14.5. The zero-order chi connectivity index (χ0) is 18.8. The van der Waals surface area contributed by atoms with Crippen LogP contribution >= 0.6 is 23.4 Å². The number of carbonyl (C=O) groups is 1. The van der Waals surface area contributed by atoms with Crippen molar-refractivity contribution >= 4 is 51.6 Å². The predicted octanol–water partition coefficient (Wildman–Crippen LogP) is 5.94. The number of pyridine rings is 1. The number of fused-ring (bicyclic) bond motifs is 1. The number of nitrogens with zero attached hydrogens (tertiary/aromatic N) is 1. The van der Waals surface area contributed by atoms with Crippen molar-refractivity contribution in [2.24, 2.45) is 0 Å². The van der Waals surface area contributed by atoms with E-state index in [0.717, 1.165) is 46.5 Å². The third-order valence-corrected chi connectivity index (χ3v) is 6.22. The van der Waals surface area contributed by atoms with Gasteiger partial charge in [0.05, 0.1) is 22.5 Å². The Balaban J connectivity index is 1.88. The minimum absolute atomic E-state index is 0.245. The summed E-state index contributed by atoms with van der Waals surface area (Å²) in [7, 11) is 0. The summed E-state index contributed by atoms with van der Waals surface area (Å²) in [6, 6.07) is 12.6. The van der Waals surface area contributed by atoms with E-state index in [9.17, 15) is 9.90 Å². The molecule has 2 N–H and O–H groups in total. The normalized spacial score (nSPS) is 15.0. The van der Waals surface area contributed by atoms with Gasteiger partial charge in [-0.25, -0.2) is 4.79 Å². The van der Waals surface area contributed by atoms with Crippen LogP contribution in [0, 0.1) is 0 Å². The van der Waals surface area contributed by atoms with Crippen LogP contribution in [0.4, 0.5) is 11.4 Å². The van der Waals surface area contributed by atoms with E-state index in [2.05, 4.69) is 10.3 Å².